The maximum absolute atomic E-state index is 12.5. The topological polar surface area (TPSA) is 79.5 Å². The highest BCUT2D eigenvalue weighted by atomic mass is 19.4. The first-order valence-electron chi connectivity index (χ1n) is 7.46. The summed E-state index contributed by atoms with van der Waals surface area (Å²) in [7, 11) is 0. The Kier molecular flexibility index (Phi) is 4.61. The number of hydrazone groups is 1. The van der Waals surface area contributed by atoms with Crippen LogP contribution in [0, 0.1) is 0 Å². The van der Waals surface area contributed by atoms with E-state index in [0.717, 1.165) is 23.2 Å². The molecule has 0 bridgehead atoms. The van der Waals surface area contributed by atoms with Crippen LogP contribution in [0.25, 0.3) is 10.9 Å². The van der Waals surface area contributed by atoms with E-state index in [2.05, 4.69) is 15.5 Å². The number of fused-ring (bicyclic) bond motifs is 1. The van der Waals surface area contributed by atoms with Gasteiger partial charge in [-0.25, -0.2) is 4.98 Å². The number of hydrogen-bond donors (Lipinski definition) is 2. The molecule has 0 unspecified atom stereocenters. The van der Waals surface area contributed by atoms with Gasteiger partial charge < -0.3 is 9.67 Å². The maximum Gasteiger partial charge on any atom is 0.417 e. The molecular weight excluding hydrogens is 349 g/mol. The van der Waals surface area contributed by atoms with Crippen molar-refractivity contribution < 1.29 is 23.1 Å². The number of carboxylic acids is 1. The van der Waals surface area contributed by atoms with Gasteiger partial charge in [-0.05, 0) is 18.2 Å². The summed E-state index contributed by atoms with van der Waals surface area (Å²) < 4.78 is 39.1. The predicted molar refractivity (Wildman–Crippen MR) is 90.0 cm³/mol. The minimum Gasteiger partial charge on any atom is -0.480 e. The van der Waals surface area contributed by atoms with Crippen LogP contribution < -0.4 is 5.43 Å². The molecule has 0 saturated heterocycles. The van der Waals surface area contributed by atoms with E-state index in [1.54, 1.807) is 22.9 Å². The summed E-state index contributed by atoms with van der Waals surface area (Å²) in [6.07, 6.45) is -0.623. The molecule has 3 aromatic rings. The highest BCUT2D eigenvalue weighted by molar-refractivity contribution is 5.99. The Bertz CT molecular complexity index is 962. The van der Waals surface area contributed by atoms with Crippen molar-refractivity contribution in [1.82, 2.24) is 9.55 Å². The van der Waals surface area contributed by atoms with Crippen molar-refractivity contribution in [2.45, 2.75) is 12.7 Å². The molecule has 0 atom stereocenters. The van der Waals surface area contributed by atoms with Gasteiger partial charge in [0.1, 0.15) is 12.4 Å². The summed E-state index contributed by atoms with van der Waals surface area (Å²) in [6, 6.07) is 9.31. The molecular formula is C17H13F3N4O2. The fraction of sp³-hybridized carbons (Fsp3) is 0.118. The number of nitrogens with zero attached hydrogens (tertiary/aromatic N) is 3. The molecule has 0 aliphatic carbocycles. The van der Waals surface area contributed by atoms with E-state index in [0.29, 0.717) is 5.56 Å². The van der Waals surface area contributed by atoms with Crippen LogP contribution >= 0.6 is 0 Å². The molecule has 9 heteroatoms. The number of nitrogens with one attached hydrogen (secondary N) is 1. The van der Waals surface area contributed by atoms with E-state index < -0.39 is 17.7 Å². The fourth-order valence-corrected chi connectivity index (χ4v) is 2.45. The van der Waals surface area contributed by atoms with E-state index >= 15 is 0 Å². The van der Waals surface area contributed by atoms with Crippen LogP contribution in [-0.4, -0.2) is 26.8 Å². The van der Waals surface area contributed by atoms with Gasteiger partial charge >= 0.3 is 12.1 Å². The Morgan fingerprint density at radius 2 is 2.04 bits per heavy atom. The summed E-state index contributed by atoms with van der Waals surface area (Å²) in [5, 5.41) is 13.8. The number of aromatic nitrogens is 2. The predicted octanol–water partition coefficient (Wildman–Crippen LogP) is 3.59. The van der Waals surface area contributed by atoms with Crippen LogP contribution in [0.15, 0.2) is 53.9 Å². The van der Waals surface area contributed by atoms with E-state index in [1.165, 1.54) is 12.3 Å². The first kappa shape index (κ1) is 17.5. The number of carbonyl (C=O) groups is 1. The number of carboxylic acid groups (broad SMARTS) is 1. The largest absolute Gasteiger partial charge is 0.480 e. The van der Waals surface area contributed by atoms with Crippen molar-refractivity contribution >= 4 is 28.9 Å². The van der Waals surface area contributed by atoms with Crippen molar-refractivity contribution in [3.05, 3.63) is 59.9 Å². The van der Waals surface area contributed by atoms with Gasteiger partial charge in [-0.15, -0.1) is 0 Å². The third-order valence-corrected chi connectivity index (χ3v) is 3.60. The van der Waals surface area contributed by atoms with Crippen LogP contribution in [0.5, 0.6) is 0 Å². The normalized spacial score (nSPS) is 12.0. The van der Waals surface area contributed by atoms with Crippen LogP contribution in [-0.2, 0) is 17.5 Å². The van der Waals surface area contributed by atoms with E-state index in [9.17, 15) is 18.0 Å². The average molecular weight is 362 g/mol. The number of anilines is 1. The van der Waals surface area contributed by atoms with E-state index in [-0.39, 0.29) is 12.4 Å². The zero-order chi connectivity index (χ0) is 18.7. The van der Waals surface area contributed by atoms with Gasteiger partial charge in [0.25, 0.3) is 0 Å². The number of rotatable bonds is 5. The minimum absolute atomic E-state index is 0.156. The monoisotopic (exact) mass is 362 g/mol. The number of alkyl halides is 3. The molecule has 0 radical (unpaired) electrons. The SMILES string of the molecule is O=C(O)Cn1cc(/C=N\Nc2ccc(C(F)(F)F)cn2)c2ccccc21. The molecule has 2 aromatic heterocycles. The van der Waals surface area contributed by atoms with Crippen molar-refractivity contribution in [1.29, 1.82) is 0 Å². The number of halogens is 3. The standard InChI is InChI=1S/C17H13F3N4O2/c18-17(19,20)12-5-6-15(21-8-12)23-22-7-11-9-24(10-16(25)26)14-4-2-1-3-13(11)14/h1-9H,10H2,(H,21,23)(H,25,26)/b22-7-. The Morgan fingerprint density at radius 1 is 1.27 bits per heavy atom. The Balaban J connectivity index is 1.79. The van der Waals surface area contributed by atoms with Crippen LogP contribution in [0.4, 0.5) is 19.0 Å². The van der Waals surface area contributed by atoms with Crippen LogP contribution in [0.1, 0.15) is 11.1 Å². The molecule has 134 valence electrons. The molecule has 0 spiro atoms. The molecule has 6 nitrogen and oxygen atoms in total. The Hall–Kier alpha value is -3.36. The van der Waals surface area contributed by atoms with E-state index in [1.807, 2.05) is 12.1 Å². The zero-order valence-corrected chi connectivity index (χ0v) is 13.2. The fourth-order valence-electron chi connectivity index (χ4n) is 2.45. The lowest BCUT2D eigenvalue weighted by atomic mass is 10.2. The first-order valence-corrected chi connectivity index (χ1v) is 7.46. The molecule has 0 aliphatic rings. The molecule has 0 fully saturated rings. The smallest absolute Gasteiger partial charge is 0.417 e. The lowest BCUT2D eigenvalue weighted by molar-refractivity contribution is -0.138. The molecule has 2 N–H and O–H groups in total. The van der Waals surface area contributed by atoms with Crippen molar-refractivity contribution in [2.24, 2.45) is 5.10 Å². The molecule has 0 saturated carbocycles. The number of pyridine rings is 1. The van der Waals surface area contributed by atoms with E-state index in [4.69, 9.17) is 5.11 Å². The van der Waals surface area contributed by atoms with Gasteiger partial charge in [0.05, 0.1) is 11.8 Å². The van der Waals surface area contributed by atoms with Gasteiger partial charge in [0, 0.05) is 28.9 Å². The summed E-state index contributed by atoms with van der Waals surface area (Å²) in [6.45, 7) is -0.192. The molecule has 0 amide bonds. The number of para-hydroxylation sites is 1. The van der Waals surface area contributed by atoms with Crippen LogP contribution in [0.2, 0.25) is 0 Å². The van der Waals surface area contributed by atoms with Gasteiger partial charge in [0.15, 0.2) is 0 Å². The lowest BCUT2D eigenvalue weighted by Gasteiger charge is -2.06. The highest BCUT2D eigenvalue weighted by Gasteiger charge is 2.30. The Labute approximate surface area is 145 Å². The van der Waals surface area contributed by atoms with Gasteiger partial charge in [-0.3, -0.25) is 10.2 Å². The number of aliphatic carboxylic acids is 1. The zero-order valence-electron chi connectivity index (χ0n) is 13.2. The lowest BCUT2D eigenvalue weighted by Crippen LogP contribution is -2.07. The number of hydrogen-bond acceptors (Lipinski definition) is 4. The van der Waals surface area contributed by atoms with Gasteiger partial charge in [-0.2, -0.15) is 18.3 Å². The molecule has 3 rings (SSSR count). The highest BCUT2D eigenvalue weighted by Crippen LogP contribution is 2.28. The minimum atomic E-state index is -4.44. The molecule has 0 aliphatic heterocycles. The van der Waals surface area contributed by atoms with Crippen molar-refractivity contribution in [3.8, 4) is 0 Å². The third kappa shape index (κ3) is 3.82. The summed E-state index contributed by atoms with van der Waals surface area (Å²) >= 11 is 0. The molecule has 1 aromatic carbocycles. The number of benzene rings is 1. The maximum atomic E-state index is 12.5. The summed E-state index contributed by atoms with van der Waals surface area (Å²) in [5.41, 5.74) is 3.12. The average Bonchev–Trinajstić information content (AvgIpc) is 2.92. The van der Waals surface area contributed by atoms with Gasteiger partial charge in [-0.1, -0.05) is 18.2 Å². The summed E-state index contributed by atoms with van der Waals surface area (Å²) in [5.74, 6) is -0.815. The quantitative estimate of drug-likeness (QED) is 0.537. The van der Waals surface area contributed by atoms with Crippen molar-refractivity contribution in [2.75, 3.05) is 5.43 Å². The van der Waals surface area contributed by atoms with Crippen molar-refractivity contribution in [3.63, 3.8) is 0 Å². The Morgan fingerprint density at radius 3 is 2.69 bits per heavy atom. The molecule has 26 heavy (non-hydrogen) atoms. The third-order valence-electron chi connectivity index (χ3n) is 3.60. The summed E-state index contributed by atoms with van der Waals surface area (Å²) in [4.78, 5) is 14.6. The first-order chi connectivity index (χ1) is 12.3. The second-order valence-electron chi connectivity index (χ2n) is 5.42. The van der Waals surface area contributed by atoms with Crippen LogP contribution in [0.3, 0.4) is 0 Å². The van der Waals surface area contributed by atoms with Gasteiger partial charge in [0.2, 0.25) is 0 Å². The molecule has 2 heterocycles. The second kappa shape index (κ2) is 6.87. The second-order valence-corrected chi connectivity index (χ2v) is 5.42.